The number of carbonyl (C=O) groups is 2. The Balaban J connectivity index is 1.88. The van der Waals surface area contributed by atoms with Crippen molar-refractivity contribution < 1.29 is 19.1 Å². The average molecular weight is 240 g/mol. The molecule has 0 spiro atoms. The van der Waals surface area contributed by atoms with Crippen LogP contribution >= 0.6 is 11.8 Å². The molecule has 0 aromatic heterocycles. The van der Waals surface area contributed by atoms with Crippen LogP contribution in [0.5, 0.6) is 0 Å². The van der Waals surface area contributed by atoms with Gasteiger partial charge in [-0.2, -0.15) is 0 Å². The van der Waals surface area contributed by atoms with Crippen molar-refractivity contribution in [3.63, 3.8) is 0 Å². The minimum absolute atomic E-state index is 0.00122. The lowest BCUT2D eigenvalue weighted by molar-refractivity contribution is -0.157. The Morgan fingerprint density at radius 3 is 3.19 bits per heavy atom. The highest BCUT2D eigenvalue weighted by Crippen LogP contribution is 2.62. The highest BCUT2D eigenvalue weighted by Gasteiger charge is 2.69. The van der Waals surface area contributed by atoms with E-state index in [1.165, 1.54) is 0 Å². The van der Waals surface area contributed by atoms with Gasteiger partial charge in [0.05, 0.1) is 15.9 Å². The Bertz CT molecular complexity index is 393. The predicted molar refractivity (Wildman–Crippen MR) is 57.8 cm³/mol. The second-order valence-electron chi connectivity index (χ2n) is 4.67. The molecule has 0 N–H and O–H groups in total. The number of hydrogen-bond acceptors (Lipinski definition) is 5. The van der Waals surface area contributed by atoms with Crippen molar-refractivity contribution in [1.82, 2.24) is 0 Å². The summed E-state index contributed by atoms with van der Waals surface area (Å²) in [7, 11) is 0. The Kier molecular flexibility index (Phi) is 1.93. The van der Waals surface area contributed by atoms with E-state index in [4.69, 9.17) is 9.47 Å². The van der Waals surface area contributed by atoms with Crippen LogP contribution in [-0.2, 0) is 19.1 Å². The van der Waals surface area contributed by atoms with Crippen LogP contribution in [0.2, 0.25) is 0 Å². The molecule has 5 heteroatoms. The molecule has 16 heavy (non-hydrogen) atoms. The molecular formula is C11H12O4S. The minimum atomic E-state index is -0.445. The lowest BCUT2D eigenvalue weighted by Crippen LogP contribution is -2.45. The van der Waals surface area contributed by atoms with Crippen LogP contribution in [0.25, 0.3) is 0 Å². The molecule has 5 unspecified atom stereocenters. The van der Waals surface area contributed by atoms with E-state index in [-0.39, 0.29) is 34.1 Å². The molecule has 3 aliphatic heterocycles. The summed E-state index contributed by atoms with van der Waals surface area (Å²) >= 11 is 1.72. The first-order chi connectivity index (χ1) is 7.55. The van der Waals surface area contributed by atoms with Crippen molar-refractivity contribution in [2.75, 3.05) is 0 Å². The quantitative estimate of drug-likeness (QED) is 0.530. The highest BCUT2D eigenvalue weighted by atomic mass is 32.2. The Morgan fingerprint density at radius 2 is 2.50 bits per heavy atom. The normalized spacial score (nSPS) is 47.9. The van der Waals surface area contributed by atoms with Gasteiger partial charge in [0, 0.05) is 6.08 Å². The van der Waals surface area contributed by atoms with E-state index in [1.54, 1.807) is 11.8 Å². The van der Waals surface area contributed by atoms with Crippen molar-refractivity contribution in [3.05, 3.63) is 12.7 Å². The monoisotopic (exact) mass is 240 g/mol. The van der Waals surface area contributed by atoms with Gasteiger partial charge in [-0.3, -0.25) is 4.79 Å². The summed E-state index contributed by atoms with van der Waals surface area (Å²) in [6, 6.07) is 0. The lowest BCUT2D eigenvalue weighted by Gasteiger charge is -2.30. The molecule has 4 nitrogen and oxygen atoms in total. The zero-order valence-corrected chi connectivity index (χ0v) is 9.66. The lowest BCUT2D eigenvalue weighted by atomic mass is 9.81. The maximum Gasteiger partial charge on any atom is 0.330 e. The number of thioether (sulfide) groups is 1. The van der Waals surface area contributed by atoms with Crippen LogP contribution in [0.1, 0.15) is 13.3 Å². The van der Waals surface area contributed by atoms with Crippen LogP contribution in [0.3, 0.4) is 0 Å². The third-order valence-corrected chi connectivity index (χ3v) is 5.42. The third kappa shape index (κ3) is 1.12. The van der Waals surface area contributed by atoms with Crippen molar-refractivity contribution in [2.45, 2.75) is 35.5 Å². The molecule has 0 aromatic carbocycles. The van der Waals surface area contributed by atoms with Gasteiger partial charge < -0.3 is 9.47 Å². The zero-order valence-electron chi connectivity index (χ0n) is 8.84. The molecule has 3 heterocycles. The van der Waals surface area contributed by atoms with Gasteiger partial charge >= 0.3 is 11.9 Å². The minimum Gasteiger partial charge on any atom is -0.457 e. The molecule has 2 bridgehead atoms. The van der Waals surface area contributed by atoms with E-state index in [1.807, 2.05) is 6.92 Å². The molecule has 3 fully saturated rings. The van der Waals surface area contributed by atoms with Crippen molar-refractivity contribution >= 4 is 23.7 Å². The fraction of sp³-hybridized carbons (Fsp3) is 0.636. The topological polar surface area (TPSA) is 52.6 Å². The van der Waals surface area contributed by atoms with Crippen molar-refractivity contribution in [2.24, 2.45) is 5.92 Å². The molecule has 3 rings (SSSR count). The Hall–Kier alpha value is -0.970. The SMILES string of the molecule is C=CC(=O)OC1C2OC(=O)C3CC1(C)SC32. The molecule has 3 saturated heterocycles. The van der Waals surface area contributed by atoms with Crippen LogP contribution in [0, 0.1) is 5.92 Å². The average Bonchev–Trinajstić information content (AvgIpc) is 2.78. The summed E-state index contributed by atoms with van der Waals surface area (Å²) in [4.78, 5) is 22.8. The molecule has 5 atom stereocenters. The van der Waals surface area contributed by atoms with Crippen LogP contribution < -0.4 is 0 Å². The first-order valence-corrected chi connectivity index (χ1v) is 6.14. The van der Waals surface area contributed by atoms with Gasteiger partial charge in [0.1, 0.15) is 0 Å². The molecule has 0 amide bonds. The molecule has 0 saturated carbocycles. The predicted octanol–water partition coefficient (Wildman–Crippen LogP) is 0.904. The second-order valence-corrected chi connectivity index (χ2v) is 6.38. The Morgan fingerprint density at radius 1 is 1.75 bits per heavy atom. The van der Waals surface area contributed by atoms with Crippen molar-refractivity contribution in [3.8, 4) is 0 Å². The van der Waals surface area contributed by atoms with Crippen LogP contribution in [0.4, 0.5) is 0 Å². The van der Waals surface area contributed by atoms with E-state index in [9.17, 15) is 9.59 Å². The molecule has 0 aliphatic carbocycles. The summed E-state index contributed by atoms with van der Waals surface area (Å²) in [5.74, 6) is -0.582. The van der Waals surface area contributed by atoms with Gasteiger partial charge in [0.25, 0.3) is 0 Å². The van der Waals surface area contributed by atoms with Crippen LogP contribution in [0.15, 0.2) is 12.7 Å². The third-order valence-electron chi connectivity index (χ3n) is 3.62. The van der Waals surface area contributed by atoms with Gasteiger partial charge in [-0.05, 0) is 13.3 Å². The summed E-state index contributed by atoms with van der Waals surface area (Å²) in [6.07, 6.45) is 1.31. The Labute approximate surface area is 97.4 Å². The van der Waals surface area contributed by atoms with E-state index in [0.717, 1.165) is 12.5 Å². The number of rotatable bonds is 2. The van der Waals surface area contributed by atoms with Gasteiger partial charge in [0.2, 0.25) is 0 Å². The summed E-state index contributed by atoms with van der Waals surface area (Å²) < 4.78 is 10.4. The van der Waals surface area contributed by atoms with Gasteiger partial charge in [-0.1, -0.05) is 6.58 Å². The number of hydrogen-bond donors (Lipinski definition) is 0. The molecule has 86 valence electrons. The first-order valence-electron chi connectivity index (χ1n) is 5.26. The van der Waals surface area contributed by atoms with Gasteiger partial charge in [-0.25, -0.2) is 4.79 Å². The molecule has 3 aliphatic rings. The largest absolute Gasteiger partial charge is 0.457 e. The molecule has 0 radical (unpaired) electrons. The maximum atomic E-state index is 11.5. The molecule has 0 aromatic rings. The fourth-order valence-corrected chi connectivity index (χ4v) is 4.84. The van der Waals surface area contributed by atoms with Crippen LogP contribution in [-0.4, -0.2) is 34.1 Å². The second kappa shape index (κ2) is 3.03. The fourth-order valence-electron chi connectivity index (χ4n) is 2.93. The van der Waals surface area contributed by atoms with E-state index in [0.29, 0.717) is 0 Å². The molecular weight excluding hydrogens is 228 g/mol. The highest BCUT2D eigenvalue weighted by molar-refractivity contribution is 8.02. The zero-order chi connectivity index (χ0) is 11.5. The van der Waals surface area contributed by atoms with E-state index in [2.05, 4.69) is 6.58 Å². The summed E-state index contributed by atoms with van der Waals surface area (Å²) in [5.41, 5.74) is 0. The number of fused-ring (bicyclic) bond motifs is 1. The summed E-state index contributed by atoms with van der Waals surface area (Å²) in [5, 5.41) is 0.167. The summed E-state index contributed by atoms with van der Waals surface area (Å²) in [6.45, 7) is 5.41. The van der Waals surface area contributed by atoms with Gasteiger partial charge in [0.15, 0.2) is 12.2 Å². The first kappa shape index (κ1) is 10.2. The van der Waals surface area contributed by atoms with E-state index < -0.39 is 5.97 Å². The standard InChI is InChI=1S/C11H12O4S/c1-3-6(12)14-9-7-8-5(10(13)15-7)4-11(9,2)16-8/h3,5,7-9H,1,4H2,2H3. The maximum absolute atomic E-state index is 11.5. The van der Waals surface area contributed by atoms with Crippen molar-refractivity contribution in [1.29, 1.82) is 0 Å². The number of ether oxygens (including phenoxy) is 2. The number of carbonyl (C=O) groups excluding carboxylic acids is 2. The number of esters is 2. The van der Waals surface area contributed by atoms with Gasteiger partial charge in [-0.15, -0.1) is 11.8 Å². The van der Waals surface area contributed by atoms with E-state index >= 15 is 0 Å². The smallest absolute Gasteiger partial charge is 0.330 e.